The van der Waals surface area contributed by atoms with Crippen LogP contribution in [0.2, 0.25) is 10.0 Å². The van der Waals surface area contributed by atoms with Crippen LogP contribution >= 0.6 is 50.5 Å². The summed E-state index contributed by atoms with van der Waals surface area (Å²) in [7, 11) is 1.53. The van der Waals surface area contributed by atoms with Gasteiger partial charge in [0, 0.05) is 40.8 Å². The summed E-state index contributed by atoms with van der Waals surface area (Å²) in [5.41, 5.74) is 0.461. The molecule has 186 valence electrons. The van der Waals surface area contributed by atoms with Gasteiger partial charge in [-0.1, -0.05) is 23.2 Å². The molecule has 0 unspecified atom stereocenters. The normalized spacial score (nSPS) is 10.8. The molecule has 36 heavy (non-hydrogen) atoms. The number of thiophene rings is 1. The van der Waals surface area contributed by atoms with E-state index in [9.17, 15) is 9.59 Å². The lowest BCUT2D eigenvalue weighted by Gasteiger charge is -2.14. The first kappa shape index (κ1) is 26.1. The van der Waals surface area contributed by atoms with E-state index < -0.39 is 11.8 Å². The average molecular weight is 611 g/mol. The largest absolute Gasteiger partial charge is 0.437 e. The van der Waals surface area contributed by atoms with E-state index in [4.69, 9.17) is 32.7 Å². The molecular weight excluding hydrogens is 593 g/mol. The number of methoxy groups -OCH3 is 1. The standard InChI is InChI=1S/C23H18BrCl2N5O4S/c1-34-7-6-28-22(32)15-9-13(25)10-16(24)20(15)29-23(33)18-11-19(35-14-4-8-36-12-14)30-31(18)21-17(26)3-2-5-27-21/h2-5,8-12H,6-7H2,1H3,(H,28,32)(H,29,33). The molecular formula is C23H18BrCl2N5O4S. The molecule has 0 saturated carbocycles. The molecule has 13 heteroatoms. The molecule has 0 saturated heterocycles. The van der Waals surface area contributed by atoms with Crippen molar-refractivity contribution in [1.82, 2.24) is 20.1 Å². The minimum atomic E-state index is -0.585. The number of hydrogen-bond donors (Lipinski definition) is 2. The van der Waals surface area contributed by atoms with Crippen LogP contribution in [-0.4, -0.2) is 46.8 Å². The quantitative estimate of drug-likeness (QED) is 0.231. The van der Waals surface area contributed by atoms with Gasteiger partial charge in [-0.15, -0.1) is 16.4 Å². The van der Waals surface area contributed by atoms with Crippen molar-refractivity contribution in [2.45, 2.75) is 0 Å². The summed E-state index contributed by atoms with van der Waals surface area (Å²) < 4.78 is 12.5. The smallest absolute Gasteiger partial charge is 0.274 e. The minimum absolute atomic E-state index is 0.0772. The topological polar surface area (TPSA) is 107 Å². The Labute approximate surface area is 228 Å². The van der Waals surface area contributed by atoms with E-state index in [0.29, 0.717) is 21.9 Å². The SMILES string of the molecule is COCCNC(=O)c1cc(Cl)cc(Br)c1NC(=O)c1cc(Oc2ccsc2)nn1-c1ncccc1Cl. The molecule has 0 atom stereocenters. The van der Waals surface area contributed by atoms with E-state index >= 15 is 0 Å². The second-order valence-electron chi connectivity index (χ2n) is 7.16. The minimum Gasteiger partial charge on any atom is -0.437 e. The fraction of sp³-hybridized carbons (Fsp3) is 0.130. The Morgan fingerprint density at radius 2 is 2.03 bits per heavy atom. The van der Waals surface area contributed by atoms with Crippen molar-refractivity contribution in [3.63, 3.8) is 0 Å². The predicted octanol–water partition coefficient (Wildman–Crippen LogP) is 5.82. The van der Waals surface area contributed by atoms with Crippen molar-refractivity contribution >= 4 is 68.0 Å². The number of pyridine rings is 1. The number of amides is 2. The molecule has 3 heterocycles. The van der Waals surface area contributed by atoms with Crippen LogP contribution < -0.4 is 15.4 Å². The molecule has 4 aromatic rings. The Hall–Kier alpha value is -2.96. The summed E-state index contributed by atoms with van der Waals surface area (Å²) in [6.45, 7) is 0.604. The van der Waals surface area contributed by atoms with Crippen molar-refractivity contribution in [3.05, 3.63) is 79.1 Å². The van der Waals surface area contributed by atoms with Crippen LogP contribution in [0.5, 0.6) is 11.6 Å². The molecule has 0 aliphatic rings. The number of anilines is 1. The molecule has 0 spiro atoms. The van der Waals surface area contributed by atoms with Gasteiger partial charge in [0.1, 0.15) is 11.4 Å². The van der Waals surface area contributed by atoms with Crippen molar-refractivity contribution in [2.75, 3.05) is 25.6 Å². The maximum Gasteiger partial charge on any atom is 0.274 e. The maximum absolute atomic E-state index is 13.5. The maximum atomic E-state index is 13.5. The van der Waals surface area contributed by atoms with Gasteiger partial charge in [-0.25, -0.2) is 9.67 Å². The monoisotopic (exact) mass is 609 g/mol. The highest BCUT2D eigenvalue weighted by molar-refractivity contribution is 9.10. The Kier molecular flexibility index (Phi) is 8.60. The summed E-state index contributed by atoms with van der Waals surface area (Å²) in [5.74, 6) is -0.0592. The van der Waals surface area contributed by atoms with Crippen LogP contribution in [0.25, 0.3) is 5.82 Å². The van der Waals surface area contributed by atoms with Crippen LogP contribution in [0.3, 0.4) is 0 Å². The van der Waals surface area contributed by atoms with E-state index in [2.05, 4.69) is 36.6 Å². The van der Waals surface area contributed by atoms with Crippen LogP contribution in [0.1, 0.15) is 20.8 Å². The molecule has 4 rings (SSSR count). The summed E-state index contributed by atoms with van der Waals surface area (Å²) >= 11 is 17.4. The molecule has 0 aliphatic heterocycles. The van der Waals surface area contributed by atoms with Gasteiger partial charge in [-0.05, 0) is 51.6 Å². The molecule has 2 N–H and O–H groups in total. The predicted molar refractivity (Wildman–Crippen MR) is 142 cm³/mol. The van der Waals surface area contributed by atoms with Crippen LogP contribution in [0, 0.1) is 0 Å². The number of benzene rings is 1. The van der Waals surface area contributed by atoms with Crippen molar-refractivity contribution in [1.29, 1.82) is 0 Å². The van der Waals surface area contributed by atoms with E-state index in [-0.39, 0.29) is 40.2 Å². The van der Waals surface area contributed by atoms with Gasteiger partial charge in [-0.2, -0.15) is 0 Å². The zero-order valence-corrected chi connectivity index (χ0v) is 22.5. The van der Waals surface area contributed by atoms with E-state index in [0.717, 1.165) is 0 Å². The van der Waals surface area contributed by atoms with Crippen LogP contribution in [0.4, 0.5) is 5.69 Å². The van der Waals surface area contributed by atoms with Crippen molar-refractivity contribution in [3.8, 4) is 17.4 Å². The first-order chi connectivity index (χ1) is 17.4. The molecule has 9 nitrogen and oxygen atoms in total. The number of nitrogens with zero attached hydrogens (tertiary/aromatic N) is 3. The Bertz CT molecular complexity index is 1400. The van der Waals surface area contributed by atoms with Gasteiger partial charge in [0.25, 0.3) is 11.8 Å². The average Bonchev–Trinajstić information content (AvgIpc) is 3.51. The molecule has 0 aliphatic carbocycles. The van der Waals surface area contributed by atoms with Gasteiger partial charge in [0.2, 0.25) is 5.88 Å². The highest BCUT2D eigenvalue weighted by atomic mass is 79.9. The van der Waals surface area contributed by atoms with Gasteiger partial charge >= 0.3 is 0 Å². The van der Waals surface area contributed by atoms with Gasteiger partial charge in [0.15, 0.2) is 5.82 Å². The fourth-order valence-electron chi connectivity index (χ4n) is 3.12. The highest BCUT2D eigenvalue weighted by Gasteiger charge is 2.24. The second-order valence-corrected chi connectivity index (χ2v) is 9.64. The number of carbonyl (C=O) groups excluding carboxylic acids is 2. The lowest BCUT2D eigenvalue weighted by molar-refractivity contribution is 0.0938. The highest BCUT2D eigenvalue weighted by Crippen LogP contribution is 2.32. The van der Waals surface area contributed by atoms with Crippen molar-refractivity contribution < 1.29 is 19.1 Å². The number of hydrogen-bond acceptors (Lipinski definition) is 7. The molecule has 1 aromatic carbocycles. The van der Waals surface area contributed by atoms with E-state index in [1.54, 1.807) is 29.6 Å². The third-order valence-corrected chi connectivity index (χ3v) is 6.51. The lowest BCUT2D eigenvalue weighted by atomic mass is 10.1. The summed E-state index contributed by atoms with van der Waals surface area (Å²) in [6.07, 6.45) is 1.53. The Balaban J connectivity index is 1.71. The molecule has 0 fully saturated rings. The number of halogens is 3. The number of carbonyl (C=O) groups is 2. The first-order valence-corrected chi connectivity index (χ1v) is 12.8. The lowest BCUT2D eigenvalue weighted by Crippen LogP contribution is -2.28. The van der Waals surface area contributed by atoms with E-state index in [1.165, 1.54) is 41.5 Å². The van der Waals surface area contributed by atoms with Gasteiger partial charge < -0.3 is 20.1 Å². The molecule has 3 aromatic heterocycles. The van der Waals surface area contributed by atoms with Crippen LogP contribution in [-0.2, 0) is 4.74 Å². The fourth-order valence-corrected chi connectivity index (χ4v) is 4.78. The first-order valence-electron chi connectivity index (χ1n) is 10.4. The number of nitrogens with one attached hydrogen (secondary N) is 2. The van der Waals surface area contributed by atoms with E-state index in [1.807, 2.05) is 5.38 Å². The Morgan fingerprint density at radius 3 is 2.75 bits per heavy atom. The molecule has 0 radical (unpaired) electrons. The number of ether oxygens (including phenoxy) is 2. The summed E-state index contributed by atoms with van der Waals surface area (Å²) in [6, 6.07) is 9.56. The summed E-state index contributed by atoms with van der Waals surface area (Å²) in [5, 5.41) is 14.1. The zero-order valence-electron chi connectivity index (χ0n) is 18.6. The molecule has 2 amide bonds. The van der Waals surface area contributed by atoms with Gasteiger partial charge in [0.05, 0.1) is 22.9 Å². The third kappa shape index (κ3) is 6.05. The van der Waals surface area contributed by atoms with Crippen molar-refractivity contribution in [2.24, 2.45) is 0 Å². The molecule has 0 bridgehead atoms. The zero-order chi connectivity index (χ0) is 25.7. The second kappa shape index (κ2) is 11.8. The number of aromatic nitrogens is 3. The van der Waals surface area contributed by atoms with Gasteiger partial charge in [-0.3, -0.25) is 9.59 Å². The third-order valence-electron chi connectivity index (χ3n) is 4.71. The van der Waals surface area contributed by atoms with Crippen LogP contribution in [0.15, 0.2) is 57.8 Å². The number of rotatable bonds is 9. The Morgan fingerprint density at radius 1 is 1.19 bits per heavy atom. The summed E-state index contributed by atoms with van der Waals surface area (Å²) in [4.78, 5) is 30.6.